The molecule has 0 aromatic rings. The van der Waals surface area contributed by atoms with Crippen molar-refractivity contribution < 1.29 is 9.59 Å². The van der Waals surface area contributed by atoms with Gasteiger partial charge in [-0.3, -0.25) is 9.59 Å². The summed E-state index contributed by atoms with van der Waals surface area (Å²) in [5.74, 6) is 1.28. The lowest BCUT2D eigenvalue weighted by Crippen LogP contribution is -2.63. The number of carbonyl (C=O) groups excluding carboxylic acids is 2. The Balaban J connectivity index is 1.59. The molecule has 2 saturated carbocycles. The lowest BCUT2D eigenvalue weighted by molar-refractivity contribution is -0.160. The van der Waals surface area contributed by atoms with Crippen molar-refractivity contribution in [1.29, 1.82) is 0 Å². The molecule has 0 aromatic carbocycles. The number of hydrogen-bond acceptors (Lipinski definition) is 2. The quantitative estimate of drug-likeness (QED) is 0.785. The minimum atomic E-state index is -0.187. The van der Waals surface area contributed by atoms with Crippen LogP contribution < -0.4 is 0 Å². The van der Waals surface area contributed by atoms with Gasteiger partial charge in [-0.1, -0.05) is 6.92 Å². The molecule has 2 saturated heterocycles. The van der Waals surface area contributed by atoms with Gasteiger partial charge in [0.1, 0.15) is 12.1 Å². The fraction of sp³-hybridized carbons (Fsp3) is 0.875. The summed E-state index contributed by atoms with van der Waals surface area (Å²) in [6, 6.07) is -0.326. The molecule has 2 unspecified atom stereocenters. The van der Waals surface area contributed by atoms with Crippen molar-refractivity contribution in [2.75, 3.05) is 13.1 Å². The maximum atomic E-state index is 12.8. The molecule has 0 N–H and O–H groups in total. The molecule has 4 fully saturated rings. The van der Waals surface area contributed by atoms with Crippen LogP contribution in [0.15, 0.2) is 0 Å². The Morgan fingerprint density at radius 3 is 2.50 bits per heavy atom. The second-order valence-corrected chi connectivity index (χ2v) is 7.22. The summed E-state index contributed by atoms with van der Waals surface area (Å²) in [6.07, 6.45) is 7.81. The molecule has 4 nitrogen and oxygen atoms in total. The predicted molar refractivity (Wildman–Crippen MR) is 74.9 cm³/mol. The van der Waals surface area contributed by atoms with Gasteiger partial charge in [-0.05, 0) is 56.3 Å². The van der Waals surface area contributed by atoms with Crippen LogP contribution in [-0.2, 0) is 9.59 Å². The fourth-order valence-electron chi connectivity index (χ4n) is 4.43. The van der Waals surface area contributed by atoms with Crippen LogP contribution in [0.3, 0.4) is 0 Å². The van der Waals surface area contributed by atoms with Gasteiger partial charge in [0.25, 0.3) is 0 Å². The monoisotopic (exact) mass is 276 g/mol. The van der Waals surface area contributed by atoms with Crippen molar-refractivity contribution in [2.24, 2.45) is 11.3 Å². The van der Waals surface area contributed by atoms with Crippen LogP contribution in [0, 0.1) is 11.3 Å². The number of amides is 2. The largest absolute Gasteiger partial charge is 0.329 e. The van der Waals surface area contributed by atoms with Gasteiger partial charge in [0.05, 0.1) is 0 Å². The third-order valence-electron chi connectivity index (χ3n) is 5.97. The highest BCUT2D eigenvalue weighted by Gasteiger charge is 2.57. The summed E-state index contributed by atoms with van der Waals surface area (Å²) < 4.78 is 0. The summed E-state index contributed by atoms with van der Waals surface area (Å²) in [4.78, 5) is 29.2. The van der Waals surface area contributed by atoms with Crippen molar-refractivity contribution in [3.05, 3.63) is 0 Å². The van der Waals surface area contributed by atoms with Gasteiger partial charge in [0, 0.05) is 13.1 Å². The maximum Gasteiger partial charge on any atom is 0.246 e. The zero-order chi connectivity index (χ0) is 13.9. The minimum absolute atomic E-state index is 0.139. The number of fused-ring (bicyclic) bond motifs is 1. The standard InChI is InChI=1S/C16H24N2O2/c1-2-12-14(19)17-9-3-4-13(17)15(20)18(12)10-16(7-8-16)11-5-6-11/h11-13H,2-10H2,1H3. The Labute approximate surface area is 120 Å². The topological polar surface area (TPSA) is 40.6 Å². The number of piperazine rings is 1. The van der Waals surface area contributed by atoms with E-state index in [2.05, 4.69) is 0 Å². The van der Waals surface area contributed by atoms with Crippen molar-refractivity contribution in [3.8, 4) is 0 Å². The predicted octanol–water partition coefficient (Wildman–Crippen LogP) is 1.79. The van der Waals surface area contributed by atoms with E-state index >= 15 is 0 Å². The Morgan fingerprint density at radius 1 is 1.15 bits per heavy atom. The van der Waals surface area contributed by atoms with Crippen molar-refractivity contribution in [1.82, 2.24) is 9.80 Å². The molecule has 2 aliphatic carbocycles. The average Bonchev–Trinajstić information content (AvgIpc) is 3.34. The van der Waals surface area contributed by atoms with Crippen LogP contribution in [0.25, 0.3) is 0 Å². The first-order valence-electron chi connectivity index (χ1n) is 8.27. The van der Waals surface area contributed by atoms with E-state index in [-0.39, 0.29) is 23.9 Å². The van der Waals surface area contributed by atoms with E-state index in [9.17, 15) is 9.59 Å². The van der Waals surface area contributed by atoms with Crippen LogP contribution in [0.2, 0.25) is 0 Å². The average molecular weight is 276 g/mol. The maximum absolute atomic E-state index is 12.8. The molecule has 2 aliphatic heterocycles. The first-order chi connectivity index (χ1) is 9.66. The van der Waals surface area contributed by atoms with E-state index in [0.29, 0.717) is 5.41 Å². The van der Waals surface area contributed by atoms with Gasteiger partial charge in [0.15, 0.2) is 0 Å². The first kappa shape index (κ1) is 12.7. The highest BCUT2D eigenvalue weighted by atomic mass is 16.2. The normalized spacial score (nSPS) is 35.5. The summed E-state index contributed by atoms with van der Waals surface area (Å²) in [6.45, 7) is 3.67. The molecule has 2 heterocycles. The van der Waals surface area contributed by atoms with Crippen LogP contribution in [-0.4, -0.2) is 46.8 Å². The highest BCUT2D eigenvalue weighted by molar-refractivity contribution is 5.97. The molecule has 0 aromatic heterocycles. The SMILES string of the molecule is CCC1C(=O)N2CCCC2C(=O)N1CC1(C2CC2)CC1. The van der Waals surface area contributed by atoms with Gasteiger partial charge in [-0.15, -0.1) is 0 Å². The van der Waals surface area contributed by atoms with Gasteiger partial charge >= 0.3 is 0 Å². The highest BCUT2D eigenvalue weighted by Crippen LogP contribution is 2.61. The lowest BCUT2D eigenvalue weighted by Gasteiger charge is -2.43. The molecule has 20 heavy (non-hydrogen) atoms. The molecule has 2 amide bonds. The van der Waals surface area contributed by atoms with Crippen LogP contribution in [0.4, 0.5) is 0 Å². The van der Waals surface area contributed by atoms with E-state index in [1.807, 2.05) is 16.7 Å². The van der Waals surface area contributed by atoms with Crippen molar-refractivity contribution in [3.63, 3.8) is 0 Å². The molecule has 4 rings (SSSR count). The van der Waals surface area contributed by atoms with Gasteiger partial charge < -0.3 is 9.80 Å². The molecule has 0 bridgehead atoms. The number of hydrogen-bond donors (Lipinski definition) is 0. The molecular formula is C16H24N2O2. The number of carbonyl (C=O) groups is 2. The van der Waals surface area contributed by atoms with Crippen LogP contribution >= 0.6 is 0 Å². The molecule has 0 spiro atoms. The minimum Gasteiger partial charge on any atom is -0.329 e. The van der Waals surface area contributed by atoms with Crippen molar-refractivity contribution >= 4 is 11.8 Å². The van der Waals surface area contributed by atoms with Crippen LogP contribution in [0.5, 0.6) is 0 Å². The fourth-order valence-corrected chi connectivity index (χ4v) is 4.43. The van der Waals surface area contributed by atoms with Gasteiger partial charge in [0.2, 0.25) is 11.8 Å². The Hall–Kier alpha value is -1.06. The zero-order valence-electron chi connectivity index (χ0n) is 12.3. The number of rotatable bonds is 4. The molecule has 4 aliphatic rings. The lowest BCUT2D eigenvalue weighted by atomic mass is 9.95. The summed E-state index contributed by atoms with van der Waals surface area (Å²) in [7, 11) is 0. The zero-order valence-corrected chi connectivity index (χ0v) is 12.3. The smallest absolute Gasteiger partial charge is 0.246 e. The molecule has 110 valence electrons. The Morgan fingerprint density at radius 2 is 1.90 bits per heavy atom. The van der Waals surface area contributed by atoms with Gasteiger partial charge in [-0.2, -0.15) is 0 Å². The van der Waals surface area contributed by atoms with E-state index < -0.39 is 0 Å². The molecule has 2 atom stereocenters. The second kappa shape index (κ2) is 4.22. The summed E-state index contributed by atoms with van der Waals surface area (Å²) in [5.41, 5.74) is 0.393. The first-order valence-corrected chi connectivity index (χ1v) is 8.27. The van der Waals surface area contributed by atoms with E-state index in [0.717, 1.165) is 38.3 Å². The van der Waals surface area contributed by atoms with E-state index in [4.69, 9.17) is 0 Å². The summed E-state index contributed by atoms with van der Waals surface area (Å²) in [5, 5.41) is 0. The van der Waals surface area contributed by atoms with Crippen molar-refractivity contribution in [2.45, 2.75) is 64.0 Å². The number of nitrogens with zero attached hydrogens (tertiary/aromatic N) is 2. The third-order valence-corrected chi connectivity index (χ3v) is 5.97. The van der Waals surface area contributed by atoms with E-state index in [1.54, 1.807) is 0 Å². The van der Waals surface area contributed by atoms with Crippen LogP contribution in [0.1, 0.15) is 51.9 Å². The second-order valence-electron chi connectivity index (χ2n) is 7.22. The molecular weight excluding hydrogens is 252 g/mol. The molecule has 4 heteroatoms. The Kier molecular flexibility index (Phi) is 2.67. The third kappa shape index (κ3) is 1.73. The Bertz CT molecular complexity index is 453. The van der Waals surface area contributed by atoms with E-state index in [1.165, 1.54) is 25.7 Å². The summed E-state index contributed by atoms with van der Waals surface area (Å²) >= 11 is 0. The molecule has 0 radical (unpaired) electrons. The van der Waals surface area contributed by atoms with Gasteiger partial charge in [-0.25, -0.2) is 0 Å².